The van der Waals surface area contributed by atoms with Crippen molar-refractivity contribution in [3.05, 3.63) is 59.1 Å². The first-order chi connectivity index (χ1) is 12.7. The summed E-state index contributed by atoms with van der Waals surface area (Å²) in [6, 6.07) is 11.4. The number of aromatic nitrogens is 4. The van der Waals surface area contributed by atoms with E-state index in [2.05, 4.69) is 15.2 Å². The zero-order valence-corrected chi connectivity index (χ0v) is 15.5. The van der Waals surface area contributed by atoms with Crippen molar-refractivity contribution in [2.75, 3.05) is 17.9 Å². The second-order valence-electron chi connectivity index (χ2n) is 5.58. The molecule has 9 heteroatoms. The fourth-order valence-corrected chi connectivity index (χ4v) is 4.17. The van der Waals surface area contributed by atoms with E-state index in [0.29, 0.717) is 16.3 Å². The lowest BCUT2D eigenvalue weighted by Crippen LogP contribution is -2.38. The van der Waals surface area contributed by atoms with Crippen LogP contribution in [0.15, 0.2) is 48.8 Å². The molecule has 26 heavy (non-hydrogen) atoms. The monoisotopic (exact) mass is 385 g/mol. The highest BCUT2D eigenvalue weighted by Crippen LogP contribution is 2.39. The van der Waals surface area contributed by atoms with E-state index < -0.39 is 0 Å². The second-order valence-corrected chi connectivity index (χ2v) is 7.04. The van der Waals surface area contributed by atoms with E-state index >= 15 is 0 Å². The smallest absolute Gasteiger partial charge is 0.252 e. The second kappa shape index (κ2) is 6.93. The SMILES string of the molecule is COc1ccc(C2SCC(=O)N2n2c(-c3cccnc3)n[nH]c2=S)cc1. The molecule has 0 aliphatic carbocycles. The standard InChI is InChI=1S/C17H15N5O2S2/c1-24-13-6-4-11(5-7-13)16-21(14(23)10-26-16)22-15(19-20-17(22)25)12-3-2-8-18-9-12/h2-9,16H,10H2,1H3,(H,20,25). The van der Waals surface area contributed by atoms with Gasteiger partial charge >= 0.3 is 0 Å². The van der Waals surface area contributed by atoms with Crippen molar-refractivity contribution < 1.29 is 9.53 Å². The lowest BCUT2D eigenvalue weighted by atomic mass is 10.2. The number of ether oxygens (including phenoxy) is 1. The normalized spacial score (nSPS) is 16.9. The lowest BCUT2D eigenvalue weighted by molar-refractivity contribution is -0.117. The predicted molar refractivity (Wildman–Crippen MR) is 102 cm³/mol. The number of pyridine rings is 1. The topological polar surface area (TPSA) is 76.0 Å². The van der Waals surface area contributed by atoms with E-state index in [1.165, 1.54) is 0 Å². The van der Waals surface area contributed by atoms with Crippen LogP contribution in [0.4, 0.5) is 0 Å². The van der Waals surface area contributed by atoms with Gasteiger partial charge in [-0.05, 0) is 42.0 Å². The van der Waals surface area contributed by atoms with Crippen LogP contribution >= 0.6 is 24.0 Å². The van der Waals surface area contributed by atoms with E-state index in [0.717, 1.165) is 16.9 Å². The molecule has 3 aromatic rings. The molecule has 1 aromatic carbocycles. The molecular weight excluding hydrogens is 370 g/mol. The molecule has 1 unspecified atom stereocenters. The van der Waals surface area contributed by atoms with Crippen LogP contribution in [0, 0.1) is 4.77 Å². The minimum absolute atomic E-state index is 0.0292. The summed E-state index contributed by atoms with van der Waals surface area (Å²) in [6.45, 7) is 0. The number of thioether (sulfide) groups is 1. The number of hydrogen-bond donors (Lipinski definition) is 1. The molecule has 0 radical (unpaired) electrons. The number of methoxy groups -OCH3 is 1. The number of hydrogen-bond acceptors (Lipinski definition) is 6. The van der Waals surface area contributed by atoms with Crippen molar-refractivity contribution in [3.8, 4) is 17.1 Å². The molecule has 0 bridgehead atoms. The van der Waals surface area contributed by atoms with Gasteiger partial charge in [0.1, 0.15) is 11.1 Å². The first-order valence-corrected chi connectivity index (χ1v) is 9.30. The molecule has 0 saturated carbocycles. The molecule has 132 valence electrons. The summed E-state index contributed by atoms with van der Waals surface area (Å²) < 4.78 is 7.23. The third kappa shape index (κ3) is 2.89. The van der Waals surface area contributed by atoms with Crippen LogP contribution in [0.2, 0.25) is 0 Å². The third-order valence-electron chi connectivity index (χ3n) is 4.03. The summed E-state index contributed by atoms with van der Waals surface area (Å²) in [5.74, 6) is 1.66. The van der Waals surface area contributed by atoms with Gasteiger partial charge in [-0.25, -0.2) is 14.8 Å². The number of benzene rings is 1. The fourth-order valence-electron chi connectivity index (χ4n) is 2.81. The number of nitrogens with one attached hydrogen (secondary N) is 1. The van der Waals surface area contributed by atoms with Gasteiger partial charge in [0.25, 0.3) is 5.91 Å². The van der Waals surface area contributed by atoms with Crippen LogP contribution in [-0.2, 0) is 4.79 Å². The average Bonchev–Trinajstić information content (AvgIpc) is 3.24. The summed E-state index contributed by atoms with van der Waals surface area (Å²) in [5.41, 5.74) is 1.76. The van der Waals surface area contributed by atoms with E-state index in [4.69, 9.17) is 17.0 Å². The highest BCUT2D eigenvalue weighted by atomic mass is 32.2. The maximum atomic E-state index is 12.7. The number of rotatable bonds is 4. The Labute approximate surface area is 159 Å². The molecule has 7 nitrogen and oxygen atoms in total. The summed E-state index contributed by atoms with van der Waals surface area (Å²) in [6.07, 6.45) is 3.38. The highest BCUT2D eigenvalue weighted by Gasteiger charge is 2.36. The molecular formula is C17H15N5O2S2. The minimum atomic E-state index is -0.201. The molecule has 1 fully saturated rings. The Morgan fingerprint density at radius 2 is 2.12 bits per heavy atom. The summed E-state index contributed by atoms with van der Waals surface area (Å²) in [5, 5.41) is 8.54. The Morgan fingerprint density at radius 3 is 2.81 bits per heavy atom. The molecule has 1 saturated heterocycles. The summed E-state index contributed by atoms with van der Waals surface area (Å²) >= 11 is 6.95. The molecule has 4 rings (SSSR count). The molecule has 0 spiro atoms. The van der Waals surface area contributed by atoms with Gasteiger partial charge in [0, 0.05) is 18.0 Å². The molecule has 1 N–H and O–H groups in total. The molecule has 2 aromatic heterocycles. The van der Waals surface area contributed by atoms with Gasteiger partial charge in [-0.15, -0.1) is 11.8 Å². The Hall–Kier alpha value is -2.65. The molecule has 1 amide bonds. The van der Waals surface area contributed by atoms with Gasteiger partial charge in [0.15, 0.2) is 5.82 Å². The Bertz CT molecular complexity index is 984. The number of carbonyl (C=O) groups excluding carboxylic acids is 1. The van der Waals surface area contributed by atoms with Crippen molar-refractivity contribution in [3.63, 3.8) is 0 Å². The zero-order chi connectivity index (χ0) is 18.1. The van der Waals surface area contributed by atoms with Crippen LogP contribution in [-0.4, -0.2) is 38.6 Å². The average molecular weight is 385 g/mol. The van der Waals surface area contributed by atoms with Crippen LogP contribution < -0.4 is 9.75 Å². The van der Waals surface area contributed by atoms with Crippen molar-refractivity contribution in [2.45, 2.75) is 5.37 Å². The zero-order valence-electron chi connectivity index (χ0n) is 13.8. The number of carbonyl (C=O) groups is 1. The first-order valence-electron chi connectivity index (χ1n) is 7.85. The summed E-state index contributed by atoms with van der Waals surface area (Å²) in [4.78, 5) is 16.8. The number of amides is 1. The minimum Gasteiger partial charge on any atom is -0.497 e. The van der Waals surface area contributed by atoms with Crippen LogP contribution in [0.3, 0.4) is 0 Å². The third-order valence-corrected chi connectivity index (χ3v) is 5.49. The fraction of sp³-hybridized carbons (Fsp3) is 0.176. The highest BCUT2D eigenvalue weighted by molar-refractivity contribution is 8.00. The van der Waals surface area contributed by atoms with Crippen molar-refractivity contribution >= 4 is 29.9 Å². The molecule has 1 atom stereocenters. The molecule has 3 heterocycles. The number of nitrogens with zero attached hydrogens (tertiary/aromatic N) is 4. The van der Waals surface area contributed by atoms with E-state index in [-0.39, 0.29) is 11.3 Å². The van der Waals surface area contributed by atoms with Crippen LogP contribution in [0.25, 0.3) is 11.4 Å². The van der Waals surface area contributed by atoms with E-state index in [9.17, 15) is 4.79 Å². The van der Waals surface area contributed by atoms with Gasteiger partial charge in [-0.3, -0.25) is 9.78 Å². The van der Waals surface area contributed by atoms with E-state index in [1.807, 2.05) is 36.4 Å². The lowest BCUT2D eigenvalue weighted by Gasteiger charge is -2.25. The van der Waals surface area contributed by atoms with Gasteiger partial charge < -0.3 is 4.74 Å². The first kappa shape index (κ1) is 16.8. The Balaban J connectivity index is 1.79. The van der Waals surface area contributed by atoms with E-state index in [1.54, 1.807) is 41.0 Å². The summed E-state index contributed by atoms with van der Waals surface area (Å²) in [7, 11) is 1.63. The largest absolute Gasteiger partial charge is 0.497 e. The number of aromatic amines is 1. The number of H-pyrrole nitrogens is 1. The van der Waals surface area contributed by atoms with Crippen molar-refractivity contribution in [1.82, 2.24) is 19.9 Å². The maximum absolute atomic E-state index is 12.7. The Kier molecular flexibility index (Phi) is 4.48. The van der Waals surface area contributed by atoms with Gasteiger partial charge in [-0.1, -0.05) is 12.1 Å². The molecule has 1 aliphatic rings. The molecule has 1 aliphatic heterocycles. The predicted octanol–water partition coefficient (Wildman–Crippen LogP) is 2.92. The van der Waals surface area contributed by atoms with Crippen molar-refractivity contribution in [2.24, 2.45) is 0 Å². The van der Waals surface area contributed by atoms with Gasteiger partial charge in [0.05, 0.1) is 12.9 Å². The van der Waals surface area contributed by atoms with Gasteiger partial charge in [0.2, 0.25) is 4.77 Å². The van der Waals surface area contributed by atoms with Crippen molar-refractivity contribution in [1.29, 1.82) is 0 Å². The van der Waals surface area contributed by atoms with Crippen LogP contribution in [0.5, 0.6) is 5.75 Å². The van der Waals surface area contributed by atoms with Gasteiger partial charge in [-0.2, -0.15) is 5.10 Å². The Morgan fingerprint density at radius 1 is 1.31 bits per heavy atom. The quantitative estimate of drug-likeness (QED) is 0.696. The maximum Gasteiger partial charge on any atom is 0.252 e. The van der Waals surface area contributed by atoms with Crippen LogP contribution in [0.1, 0.15) is 10.9 Å².